The monoisotopic (exact) mass is 335 g/mol. The lowest BCUT2D eigenvalue weighted by molar-refractivity contribution is -0.148. The molecule has 0 bridgehead atoms. The number of β-amino-alcohol motifs (C(OH)–C–C–N with tert-alkyl or cyclic N) is 1. The number of benzene rings is 1. The molecule has 23 heavy (non-hydrogen) atoms. The van der Waals surface area contributed by atoms with Gasteiger partial charge in [-0.2, -0.15) is 0 Å². The summed E-state index contributed by atoms with van der Waals surface area (Å²) >= 11 is 6.17. The average Bonchev–Trinajstić information content (AvgIpc) is 2.95. The molecule has 6 heteroatoms. The Morgan fingerprint density at radius 1 is 1.30 bits per heavy atom. The molecule has 1 aromatic heterocycles. The van der Waals surface area contributed by atoms with Crippen LogP contribution in [0, 0.1) is 5.92 Å². The number of carboxylic acids is 1. The molecule has 122 valence electrons. The van der Waals surface area contributed by atoms with Crippen LogP contribution in [0.5, 0.6) is 0 Å². The Morgan fingerprint density at radius 2 is 2.09 bits per heavy atom. The predicted molar refractivity (Wildman–Crippen MR) is 86.2 cm³/mol. The highest BCUT2D eigenvalue weighted by atomic mass is 35.5. The zero-order valence-electron chi connectivity index (χ0n) is 12.5. The number of furan rings is 1. The molecule has 2 aromatic rings. The summed E-state index contributed by atoms with van der Waals surface area (Å²) in [6.45, 7) is 1.49. The molecule has 1 aliphatic heterocycles. The van der Waals surface area contributed by atoms with Crippen molar-refractivity contribution >= 4 is 17.6 Å². The number of likely N-dealkylation sites (tertiary alicyclic amines) is 1. The maximum Gasteiger partial charge on any atom is 0.309 e. The van der Waals surface area contributed by atoms with Gasteiger partial charge in [-0.15, -0.1) is 0 Å². The van der Waals surface area contributed by atoms with Gasteiger partial charge in [0.25, 0.3) is 0 Å². The van der Waals surface area contributed by atoms with Crippen LogP contribution in [0.1, 0.15) is 12.2 Å². The summed E-state index contributed by atoms with van der Waals surface area (Å²) in [5, 5.41) is 19.6. The molecule has 1 fully saturated rings. The van der Waals surface area contributed by atoms with E-state index < -0.39 is 18.0 Å². The second kappa shape index (κ2) is 6.74. The Hall–Kier alpha value is -1.82. The zero-order valence-corrected chi connectivity index (χ0v) is 13.2. The van der Waals surface area contributed by atoms with Crippen LogP contribution in [0.4, 0.5) is 0 Å². The fraction of sp³-hybridized carbons (Fsp3) is 0.353. The number of carbonyl (C=O) groups is 1. The minimum absolute atomic E-state index is 0.332. The fourth-order valence-electron chi connectivity index (χ4n) is 2.92. The molecule has 2 N–H and O–H groups in total. The van der Waals surface area contributed by atoms with E-state index in [9.17, 15) is 9.90 Å². The van der Waals surface area contributed by atoms with Crippen molar-refractivity contribution in [1.82, 2.24) is 4.90 Å². The number of aliphatic carboxylic acids is 1. The molecule has 0 radical (unpaired) electrons. The first kappa shape index (κ1) is 16.1. The van der Waals surface area contributed by atoms with Gasteiger partial charge in [-0.05, 0) is 37.2 Å². The van der Waals surface area contributed by atoms with Gasteiger partial charge in [-0.25, -0.2) is 0 Å². The highest BCUT2D eigenvalue weighted by Crippen LogP contribution is 2.30. The molecule has 3 rings (SSSR count). The zero-order chi connectivity index (χ0) is 16.4. The largest absolute Gasteiger partial charge is 0.481 e. The van der Waals surface area contributed by atoms with Gasteiger partial charge in [-0.1, -0.05) is 23.7 Å². The lowest BCUT2D eigenvalue weighted by atomic mass is 9.94. The molecule has 1 aromatic carbocycles. The van der Waals surface area contributed by atoms with Crippen molar-refractivity contribution in [2.45, 2.75) is 19.1 Å². The fourth-order valence-corrected chi connectivity index (χ4v) is 3.15. The first-order chi connectivity index (χ1) is 11.0. The maximum atomic E-state index is 11.0. The molecule has 2 atom stereocenters. The Bertz CT molecular complexity index is 699. The molecule has 0 saturated carbocycles. The molecule has 0 amide bonds. The third-order valence-electron chi connectivity index (χ3n) is 4.16. The Kier molecular flexibility index (Phi) is 4.71. The van der Waals surface area contributed by atoms with Gasteiger partial charge in [0.05, 0.1) is 23.6 Å². The smallest absolute Gasteiger partial charge is 0.309 e. The molecule has 0 aliphatic carbocycles. The van der Waals surface area contributed by atoms with Crippen molar-refractivity contribution in [2.75, 3.05) is 13.1 Å². The Labute approximate surface area is 139 Å². The predicted octanol–water partition coefficient (Wildman–Crippen LogP) is 2.87. The van der Waals surface area contributed by atoms with Gasteiger partial charge in [0.1, 0.15) is 11.5 Å². The third-order valence-corrected chi connectivity index (χ3v) is 4.49. The van der Waals surface area contributed by atoms with Crippen molar-refractivity contribution in [2.24, 2.45) is 5.92 Å². The number of hydrogen-bond acceptors (Lipinski definition) is 4. The number of aliphatic hydroxyl groups is 1. The van der Waals surface area contributed by atoms with E-state index in [4.69, 9.17) is 21.1 Å². The third kappa shape index (κ3) is 3.58. The van der Waals surface area contributed by atoms with Crippen molar-refractivity contribution < 1.29 is 19.4 Å². The van der Waals surface area contributed by atoms with E-state index in [0.29, 0.717) is 36.8 Å². The van der Waals surface area contributed by atoms with Gasteiger partial charge in [-0.3, -0.25) is 9.69 Å². The van der Waals surface area contributed by atoms with E-state index in [1.54, 1.807) is 0 Å². The van der Waals surface area contributed by atoms with Gasteiger partial charge in [0, 0.05) is 12.1 Å². The molecular weight excluding hydrogens is 318 g/mol. The molecule has 1 saturated heterocycles. The highest BCUT2D eigenvalue weighted by Gasteiger charge is 2.32. The number of rotatable bonds is 4. The van der Waals surface area contributed by atoms with Gasteiger partial charge >= 0.3 is 5.97 Å². The number of piperidine rings is 1. The molecule has 5 nitrogen and oxygen atoms in total. The lowest BCUT2D eigenvalue weighted by Crippen LogP contribution is -2.46. The standard InChI is InChI=1S/C17H18ClNO4/c18-14-4-2-1-3-12(14)16-6-5-11(23-16)9-19-8-7-13(17(21)22)15(20)10-19/h1-6,13,15,20H,7-10H2,(H,21,22)/t13-,15+/m0/s1. The highest BCUT2D eigenvalue weighted by molar-refractivity contribution is 6.33. The van der Waals surface area contributed by atoms with E-state index in [2.05, 4.69) is 0 Å². The first-order valence-electron chi connectivity index (χ1n) is 7.51. The van der Waals surface area contributed by atoms with Gasteiger partial charge in [0.2, 0.25) is 0 Å². The topological polar surface area (TPSA) is 73.9 Å². The number of aliphatic hydroxyl groups excluding tert-OH is 1. The van der Waals surface area contributed by atoms with Crippen LogP contribution in [0.3, 0.4) is 0 Å². The van der Waals surface area contributed by atoms with Crippen molar-refractivity contribution in [1.29, 1.82) is 0 Å². The summed E-state index contributed by atoms with van der Waals surface area (Å²) in [4.78, 5) is 13.0. The van der Waals surface area contributed by atoms with Crippen LogP contribution >= 0.6 is 11.6 Å². The number of carboxylic acid groups (broad SMARTS) is 1. The molecular formula is C17H18ClNO4. The normalized spacial score (nSPS) is 22.2. The van der Waals surface area contributed by atoms with Crippen molar-refractivity contribution in [3.63, 3.8) is 0 Å². The van der Waals surface area contributed by atoms with Gasteiger partial charge in [0.15, 0.2) is 0 Å². The van der Waals surface area contributed by atoms with Crippen LogP contribution < -0.4 is 0 Å². The molecule has 0 unspecified atom stereocenters. The molecule has 2 heterocycles. The summed E-state index contributed by atoms with van der Waals surface area (Å²) < 4.78 is 5.84. The van der Waals surface area contributed by atoms with Crippen LogP contribution in [-0.4, -0.2) is 40.3 Å². The van der Waals surface area contributed by atoms with Crippen molar-refractivity contribution in [3.8, 4) is 11.3 Å². The van der Waals surface area contributed by atoms with Crippen LogP contribution in [0.15, 0.2) is 40.8 Å². The lowest BCUT2D eigenvalue weighted by Gasteiger charge is -2.33. The van der Waals surface area contributed by atoms with E-state index >= 15 is 0 Å². The SMILES string of the molecule is O=C(O)[C@H]1CCN(Cc2ccc(-c3ccccc3Cl)o2)C[C@H]1O. The van der Waals surface area contributed by atoms with Crippen LogP contribution in [-0.2, 0) is 11.3 Å². The minimum atomic E-state index is -0.934. The van der Waals surface area contributed by atoms with E-state index in [-0.39, 0.29) is 0 Å². The summed E-state index contributed by atoms with van der Waals surface area (Å²) in [6, 6.07) is 11.2. The van der Waals surface area contributed by atoms with E-state index in [1.165, 1.54) is 0 Å². The second-order valence-electron chi connectivity index (χ2n) is 5.78. The van der Waals surface area contributed by atoms with E-state index in [1.807, 2.05) is 41.3 Å². The number of halogens is 1. The van der Waals surface area contributed by atoms with E-state index in [0.717, 1.165) is 11.3 Å². The minimum Gasteiger partial charge on any atom is -0.481 e. The number of nitrogens with zero attached hydrogens (tertiary/aromatic N) is 1. The second-order valence-corrected chi connectivity index (χ2v) is 6.19. The quantitative estimate of drug-likeness (QED) is 0.898. The summed E-state index contributed by atoms with van der Waals surface area (Å²) in [6.07, 6.45) is -0.409. The maximum absolute atomic E-state index is 11.0. The Morgan fingerprint density at radius 3 is 2.78 bits per heavy atom. The van der Waals surface area contributed by atoms with Crippen LogP contribution in [0.25, 0.3) is 11.3 Å². The van der Waals surface area contributed by atoms with Crippen molar-refractivity contribution in [3.05, 3.63) is 47.2 Å². The van der Waals surface area contributed by atoms with Crippen LogP contribution in [0.2, 0.25) is 5.02 Å². The summed E-state index contributed by atoms with van der Waals surface area (Å²) in [5.74, 6) is -0.148. The molecule has 0 spiro atoms. The molecule has 1 aliphatic rings. The average molecular weight is 336 g/mol. The Balaban J connectivity index is 1.66. The number of hydrogen-bond donors (Lipinski definition) is 2. The summed E-state index contributed by atoms with van der Waals surface area (Å²) in [7, 11) is 0. The first-order valence-corrected chi connectivity index (χ1v) is 7.89. The summed E-state index contributed by atoms with van der Waals surface area (Å²) in [5.41, 5.74) is 0.838. The van der Waals surface area contributed by atoms with Gasteiger partial charge < -0.3 is 14.6 Å².